The molecule has 1 N–H and O–H groups in total. The molecular weight excluding hydrogens is 382 g/mol. The number of halogens is 2. The molecule has 1 aliphatic rings. The van der Waals surface area contributed by atoms with Gasteiger partial charge in [0.2, 0.25) is 0 Å². The Bertz CT molecular complexity index is 433. The van der Waals surface area contributed by atoms with Crippen LogP contribution in [0.25, 0.3) is 0 Å². The van der Waals surface area contributed by atoms with Crippen LogP contribution in [0.4, 0.5) is 0 Å². The molecule has 0 atom stereocenters. The molecule has 0 aliphatic heterocycles. The Labute approximate surface area is 138 Å². The van der Waals surface area contributed by atoms with Crippen LogP contribution in [0.5, 0.6) is 5.75 Å². The molecule has 0 amide bonds. The fourth-order valence-electron chi connectivity index (χ4n) is 3.02. The second-order valence-electron chi connectivity index (χ2n) is 6.17. The molecule has 1 saturated carbocycles. The van der Waals surface area contributed by atoms with Crippen LogP contribution in [0, 0.1) is 5.92 Å². The van der Waals surface area contributed by atoms with Crippen LogP contribution in [0.2, 0.25) is 0 Å². The fourth-order valence-corrected chi connectivity index (χ4v) is 4.31. The van der Waals surface area contributed by atoms with Gasteiger partial charge in [-0.3, -0.25) is 4.90 Å². The first kappa shape index (κ1) is 16.3. The summed E-state index contributed by atoms with van der Waals surface area (Å²) < 4.78 is 1.52. The first-order chi connectivity index (χ1) is 9.47. The summed E-state index contributed by atoms with van der Waals surface area (Å²) in [6, 6.07) is 4.79. The van der Waals surface area contributed by atoms with Crippen molar-refractivity contribution in [2.24, 2.45) is 5.92 Å². The average molecular weight is 405 g/mol. The molecule has 4 heteroatoms. The van der Waals surface area contributed by atoms with E-state index in [4.69, 9.17) is 0 Å². The summed E-state index contributed by atoms with van der Waals surface area (Å²) in [5.41, 5.74) is 1.24. The maximum absolute atomic E-state index is 9.81. The summed E-state index contributed by atoms with van der Waals surface area (Å²) in [5, 5.41) is 9.81. The molecule has 0 bridgehead atoms. The van der Waals surface area contributed by atoms with Crippen molar-refractivity contribution < 1.29 is 5.11 Å². The van der Waals surface area contributed by atoms with Crippen LogP contribution in [-0.4, -0.2) is 22.6 Å². The minimum Gasteiger partial charge on any atom is -0.506 e. The molecule has 1 fully saturated rings. The summed E-state index contributed by atoms with van der Waals surface area (Å²) in [7, 11) is 0. The lowest BCUT2D eigenvalue weighted by atomic mass is 10.1. The van der Waals surface area contributed by atoms with Gasteiger partial charge >= 0.3 is 0 Å². The standard InChI is InChI=1S/C16H23Br2NO/c1-11(2)9-19(13-5-3-4-6-13)10-12-7-14(17)16(20)15(18)8-12/h7-8,11,13,20H,3-6,9-10H2,1-2H3. The Morgan fingerprint density at radius 3 is 2.25 bits per heavy atom. The molecule has 0 unspecified atom stereocenters. The maximum atomic E-state index is 9.81. The predicted molar refractivity (Wildman–Crippen MR) is 91.0 cm³/mol. The quantitative estimate of drug-likeness (QED) is 0.717. The molecule has 112 valence electrons. The van der Waals surface area contributed by atoms with Crippen molar-refractivity contribution in [1.82, 2.24) is 4.90 Å². The summed E-state index contributed by atoms with van der Waals surface area (Å²) in [4.78, 5) is 2.61. The monoisotopic (exact) mass is 403 g/mol. The minimum atomic E-state index is 0.282. The Balaban J connectivity index is 2.14. The van der Waals surface area contributed by atoms with E-state index in [2.05, 4.69) is 50.6 Å². The van der Waals surface area contributed by atoms with Crippen molar-refractivity contribution in [3.05, 3.63) is 26.6 Å². The number of nitrogens with zero attached hydrogens (tertiary/aromatic N) is 1. The van der Waals surface area contributed by atoms with E-state index in [1.165, 1.54) is 31.2 Å². The van der Waals surface area contributed by atoms with Crippen LogP contribution in [0.3, 0.4) is 0 Å². The van der Waals surface area contributed by atoms with Crippen LogP contribution in [-0.2, 0) is 6.54 Å². The Kier molecular flexibility index (Phi) is 5.94. The zero-order valence-corrected chi connectivity index (χ0v) is 15.4. The van der Waals surface area contributed by atoms with E-state index in [1.807, 2.05) is 12.1 Å². The van der Waals surface area contributed by atoms with Gasteiger partial charge in [0.25, 0.3) is 0 Å². The molecule has 1 aromatic carbocycles. The molecule has 0 radical (unpaired) electrons. The zero-order valence-electron chi connectivity index (χ0n) is 12.2. The number of phenols is 1. The van der Waals surface area contributed by atoms with Gasteiger partial charge in [-0.15, -0.1) is 0 Å². The van der Waals surface area contributed by atoms with Gasteiger partial charge < -0.3 is 5.11 Å². The SMILES string of the molecule is CC(C)CN(Cc1cc(Br)c(O)c(Br)c1)C1CCCC1. The first-order valence-corrected chi connectivity index (χ1v) is 8.97. The second-order valence-corrected chi connectivity index (χ2v) is 7.88. The van der Waals surface area contributed by atoms with Crippen LogP contribution in [0.1, 0.15) is 45.1 Å². The summed E-state index contributed by atoms with van der Waals surface area (Å²) in [5.74, 6) is 0.963. The van der Waals surface area contributed by atoms with Gasteiger partial charge in [0, 0.05) is 19.1 Å². The molecule has 0 saturated heterocycles. The van der Waals surface area contributed by atoms with E-state index in [1.54, 1.807) is 0 Å². The van der Waals surface area contributed by atoms with E-state index in [9.17, 15) is 5.11 Å². The van der Waals surface area contributed by atoms with Gasteiger partial charge in [-0.2, -0.15) is 0 Å². The highest BCUT2D eigenvalue weighted by molar-refractivity contribution is 9.11. The van der Waals surface area contributed by atoms with E-state index in [-0.39, 0.29) is 5.75 Å². The number of benzene rings is 1. The molecule has 1 aliphatic carbocycles. The van der Waals surface area contributed by atoms with Crippen molar-refractivity contribution >= 4 is 31.9 Å². The molecule has 0 heterocycles. The lowest BCUT2D eigenvalue weighted by Crippen LogP contribution is -2.35. The minimum absolute atomic E-state index is 0.282. The Morgan fingerprint density at radius 2 is 1.75 bits per heavy atom. The van der Waals surface area contributed by atoms with Gasteiger partial charge in [-0.25, -0.2) is 0 Å². The Hall–Kier alpha value is -0.0600. The molecule has 2 nitrogen and oxygen atoms in total. The number of rotatable bonds is 5. The maximum Gasteiger partial charge on any atom is 0.143 e. The van der Waals surface area contributed by atoms with Gasteiger partial charge in [0.15, 0.2) is 0 Å². The molecule has 2 rings (SSSR count). The first-order valence-electron chi connectivity index (χ1n) is 7.38. The van der Waals surface area contributed by atoms with Gasteiger partial charge in [0.1, 0.15) is 5.75 Å². The largest absolute Gasteiger partial charge is 0.506 e. The fraction of sp³-hybridized carbons (Fsp3) is 0.625. The zero-order chi connectivity index (χ0) is 14.7. The van der Waals surface area contributed by atoms with Crippen molar-refractivity contribution in [2.75, 3.05) is 6.54 Å². The van der Waals surface area contributed by atoms with Crippen molar-refractivity contribution in [1.29, 1.82) is 0 Å². The highest BCUT2D eigenvalue weighted by atomic mass is 79.9. The highest BCUT2D eigenvalue weighted by Gasteiger charge is 2.23. The molecule has 0 spiro atoms. The third-order valence-electron chi connectivity index (χ3n) is 3.90. The molecule has 0 aromatic heterocycles. The van der Waals surface area contributed by atoms with E-state index in [0.717, 1.165) is 28.1 Å². The van der Waals surface area contributed by atoms with Crippen LogP contribution in [0.15, 0.2) is 21.1 Å². The summed E-state index contributed by atoms with van der Waals surface area (Å²) in [6.45, 7) is 6.66. The van der Waals surface area contributed by atoms with Gasteiger partial charge in [0.05, 0.1) is 8.95 Å². The normalized spacial score (nSPS) is 16.5. The number of hydrogen-bond donors (Lipinski definition) is 1. The third kappa shape index (κ3) is 4.22. The van der Waals surface area contributed by atoms with E-state index < -0.39 is 0 Å². The number of hydrogen-bond acceptors (Lipinski definition) is 2. The topological polar surface area (TPSA) is 23.5 Å². The molecule has 20 heavy (non-hydrogen) atoms. The average Bonchev–Trinajstić information content (AvgIpc) is 2.88. The van der Waals surface area contributed by atoms with Crippen molar-refractivity contribution in [3.8, 4) is 5.75 Å². The second kappa shape index (κ2) is 7.28. The lowest BCUT2D eigenvalue weighted by molar-refractivity contribution is 0.168. The third-order valence-corrected chi connectivity index (χ3v) is 5.11. The number of phenolic OH excluding ortho intramolecular Hbond substituents is 1. The Morgan fingerprint density at radius 1 is 1.20 bits per heavy atom. The molecule has 1 aromatic rings. The number of aromatic hydroxyl groups is 1. The van der Waals surface area contributed by atoms with Crippen molar-refractivity contribution in [3.63, 3.8) is 0 Å². The summed E-state index contributed by atoms with van der Waals surface area (Å²) >= 11 is 6.85. The van der Waals surface area contributed by atoms with Crippen molar-refractivity contribution in [2.45, 2.75) is 52.1 Å². The summed E-state index contributed by atoms with van der Waals surface area (Å²) in [6.07, 6.45) is 5.38. The van der Waals surface area contributed by atoms with E-state index in [0.29, 0.717) is 5.92 Å². The molecular formula is C16H23Br2NO. The smallest absolute Gasteiger partial charge is 0.143 e. The highest BCUT2D eigenvalue weighted by Crippen LogP contribution is 2.34. The van der Waals surface area contributed by atoms with Gasteiger partial charge in [-0.1, -0.05) is 26.7 Å². The lowest BCUT2D eigenvalue weighted by Gasteiger charge is -2.30. The van der Waals surface area contributed by atoms with Crippen LogP contribution >= 0.6 is 31.9 Å². The van der Waals surface area contributed by atoms with Crippen LogP contribution < -0.4 is 0 Å². The predicted octanol–water partition coefficient (Wildman–Crippen LogP) is 5.32. The van der Waals surface area contributed by atoms with Gasteiger partial charge in [-0.05, 0) is 68.3 Å². The van der Waals surface area contributed by atoms with E-state index >= 15 is 0 Å².